The molecule has 27 heavy (non-hydrogen) atoms. The van der Waals surface area contributed by atoms with E-state index in [4.69, 9.17) is 4.74 Å². The molecule has 0 amide bonds. The van der Waals surface area contributed by atoms with E-state index in [1.165, 1.54) is 30.5 Å². The monoisotopic (exact) mass is 374 g/mol. The molecule has 0 bridgehead atoms. The Morgan fingerprint density at radius 2 is 2.11 bits per heavy atom. The van der Waals surface area contributed by atoms with Crippen LogP contribution in [0.3, 0.4) is 0 Å². The van der Waals surface area contributed by atoms with Crippen molar-refractivity contribution in [1.29, 1.82) is 0 Å². The smallest absolute Gasteiger partial charge is 0.216 e. The molecule has 7 heteroatoms. The van der Waals surface area contributed by atoms with E-state index in [1.54, 1.807) is 7.11 Å². The molecule has 1 fully saturated rings. The lowest BCUT2D eigenvalue weighted by atomic mass is 9.85. The quantitative estimate of drug-likeness (QED) is 0.745. The molecule has 3 rings (SSSR count). The van der Waals surface area contributed by atoms with Gasteiger partial charge in [-0.3, -0.25) is 9.58 Å². The molecule has 150 valence electrons. The van der Waals surface area contributed by atoms with Crippen molar-refractivity contribution in [2.24, 2.45) is 20.0 Å². The van der Waals surface area contributed by atoms with Gasteiger partial charge in [0.15, 0.2) is 0 Å². The van der Waals surface area contributed by atoms with Gasteiger partial charge in [-0.25, -0.2) is 4.68 Å². The Balaban J connectivity index is 1.76. The lowest BCUT2D eigenvalue weighted by Crippen LogP contribution is -2.42. The third-order valence-electron chi connectivity index (χ3n) is 5.79. The number of methoxy groups -OCH3 is 1. The van der Waals surface area contributed by atoms with E-state index in [-0.39, 0.29) is 0 Å². The van der Waals surface area contributed by atoms with E-state index in [2.05, 4.69) is 47.1 Å². The van der Waals surface area contributed by atoms with Crippen molar-refractivity contribution in [2.45, 2.75) is 39.3 Å². The average molecular weight is 375 g/mol. The molecule has 1 saturated heterocycles. The van der Waals surface area contributed by atoms with Gasteiger partial charge < -0.3 is 9.64 Å². The topological polar surface area (TPSA) is 51.4 Å². The summed E-state index contributed by atoms with van der Waals surface area (Å²) >= 11 is 0. The number of hydrogen-bond acceptors (Lipinski definition) is 5. The van der Waals surface area contributed by atoms with E-state index in [9.17, 15) is 0 Å². The van der Waals surface area contributed by atoms with Gasteiger partial charge in [-0.2, -0.15) is 10.2 Å². The molecule has 1 aliphatic heterocycles. The summed E-state index contributed by atoms with van der Waals surface area (Å²) < 4.78 is 9.32. The van der Waals surface area contributed by atoms with Crippen LogP contribution in [-0.2, 0) is 20.6 Å². The van der Waals surface area contributed by atoms with Gasteiger partial charge in [0.25, 0.3) is 0 Å². The van der Waals surface area contributed by atoms with Crippen molar-refractivity contribution >= 4 is 0 Å². The van der Waals surface area contributed by atoms with Crippen LogP contribution < -0.4 is 4.74 Å². The van der Waals surface area contributed by atoms with Crippen molar-refractivity contribution < 1.29 is 4.74 Å². The van der Waals surface area contributed by atoms with Gasteiger partial charge in [0.1, 0.15) is 0 Å². The Morgan fingerprint density at radius 1 is 1.33 bits per heavy atom. The summed E-state index contributed by atoms with van der Waals surface area (Å²) in [5.74, 6) is 1.46. The Hall–Kier alpha value is -1.86. The molecule has 2 aromatic rings. The van der Waals surface area contributed by atoms with E-state index in [1.807, 2.05) is 29.7 Å². The van der Waals surface area contributed by atoms with Gasteiger partial charge in [0.2, 0.25) is 5.88 Å². The van der Waals surface area contributed by atoms with Crippen LogP contribution in [0.5, 0.6) is 5.88 Å². The predicted octanol–water partition coefficient (Wildman–Crippen LogP) is 2.38. The third-order valence-corrected chi connectivity index (χ3v) is 5.79. The minimum absolute atomic E-state index is 0.441. The molecule has 3 heterocycles. The van der Waals surface area contributed by atoms with Crippen LogP contribution in [0.25, 0.3) is 0 Å². The molecule has 7 nitrogen and oxygen atoms in total. The molecule has 2 atom stereocenters. The van der Waals surface area contributed by atoms with E-state index < -0.39 is 0 Å². The number of hydrogen-bond donors (Lipinski definition) is 0. The van der Waals surface area contributed by atoms with Crippen molar-refractivity contribution in [1.82, 2.24) is 29.4 Å². The first-order valence-corrected chi connectivity index (χ1v) is 9.92. The summed E-state index contributed by atoms with van der Waals surface area (Å²) in [6.45, 7) is 8.47. The molecule has 2 aromatic heterocycles. The van der Waals surface area contributed by atoms with Crippen LogP contribution in [0, 0.1) is 12.8 Å². The maximum absolute atomic E-state index is 5.57. The highest BCUT2D eigenvalue weighted by Gasteiger charge is 2.33. The third kappa shape index (κ3) is 4.19. The highest BCUT2D eigenvalue weighted by atomic mass is 16.5. The van der Waals surface area contributed by atoms with Crippen LogP contribution in [-0.4, -0.2) is 63.2 Å². The molecule has 0 aromatic carbocycles. The SMILES string of the molecule is CCN1CCC[C@@H](CN(C)Cc2c(C)nn(C)c2OC)[C@@H]1c1cnn(C)c1. The van der Waals surface area contributed by atoms with Crippen LogP contribution in [0.2, 0.25) is 0 Å². The Bertz CT molecular complexity index is 752. The summed E-state index contributed by atoms with van der Waals surface area (Å²) in [5, 5.41) is 8.95. The molecule has 0 spiro atoms. The summed E-state index contributed by atoms with van der Waals surface area (Å²) in [4.78, 5) is 5.02. The number of nitrogens with zero attached hydrogens (tertiary/aromatic N) is 6. The van der Waals surface area contributed by atoms with Crippen LogP contribution in [0.15, 0.2) is 12.4 Å². The fourth-order valence-corrected chi connectivity index (χ4v) is 4.63. The lowest BCUT2D eigenvalue weighted by molar-refractivity contribution is 0.0747. The van der Waals surface area contributed by atoms with Crippen LogP contribution in [0.1, 0.15) is 42.6 Å². The Labute approximate surface area is 162 Å². The number of aromatic nitrogens is 4. The summed E-state index contributed by atoms with van der Waals surface area (Å²) in [6, 6.07) is 0.441. The maximum Gasteiger partial charge on any atom is 0.216 e. The predicted molar refractivity (Wildman–Crippen MR) is 107 cm³/mol. The largest absolute Gasteiger partial charge is 0.481 e. The van der Waals surface area contributed by atoms with Gasteiger partial charge in [-0.1, -0.05) is 6.92 Å². The zero-order valence-corrected chi connectivity index (χ0v) is 17.6. The molecule has 0 N–H and O–H groups in total. The normalized spacial score (nSPS) is 21.1. The number of rotatable bonds is 7. The summed E-state index contributed by atoms with van der Waals surface area (Å²) in [5.41, 5.74) is 3.57. The highest BCUT2D eigenvalue weighted by Crippen LogP contribution is 2.36. The van der Waals surface area contributed by atoms with Gasteiger partial charge in [-0.05, 0) is 45.8 Å². The highest BCUT2D eigenvalue weighted by molar-refractivity contribution is 5.30. The summed E-state index contributed by atoms with van der Waals surface area (Å²) in [7, 11) is 7.87. The zero-order chi connectivity index (χ0) is 19.6. The van der Waals surface area contributed by atoms with E-state index in [0.29, 0.717) is 12.0 Å². The number of likely N-dealkylation sites (tertiary alicyclic amines) is 1. The molecule has 0 unspecified atom stereocenters. The van der Waals surface area contributed by atoms with Crippen LogP contribution >= 0.6 is 0 Å². The summed E-state index contributed by atoms with van der Waals surface area (Å²) in [6.07, 6.45) is 6.74. The minimum Gasteiger partial charge on any atom is -0.481 e. The average Bonchev–Trinajstić information content (AvgIpc) is 3.17. The van der Waals surface area contributed by atoms with E-state index in [0.717, 1.165) is 31.2 Å². The van der Waals surface area contributed by atoms with Crippen LogP contribution in [0.4, 0.5) is 0 Å². The molecular formula is C20H34N6O. The van der Waals surface area contributed by atoms with Crippen molar-refractivity contribution in [3.05, 3.63) is 29.2 Å². The number of ether oxygens (including phenoxy) is 1. The Kier molecular flexibility index (Phi) is 6.22. The van der Waals surface area contributed by atoms with Crippen molar-refractivity contribution in [3.8, 4) is 5.88 Å². The van der Waals surface area contributed by atoms with Gasteiger partial charge >= 0.3 is 0 Å². The maximum atomic E-state index is 5.57. The second-order valence-electron chi connectivity index (χ2n) is 7.82. The number of aryl methyl sites for hydroxylation is 3. The molecule has 1 aliphatic rings. The second kappa shape index (κ2) is 8.44. The van der Waals surface area contributed by atoms with Crippen molar-refractivity contribution in [3.63, 3.8) is 0 Å². The molecule has 0 aliphatic carbocycles. The van der Waals surface area contributed by atoms with Gasteiger partial charge in [0, 0.05) is 45.0 Å². The molecule has 0 saturated carbocycles. The first-order chi connectivity index (χ1) is 12.9. The first-order valence-electron chi connectivity index (χ1n) is 9.92. The van der Waals surface area contributed by atoms with E-state index >= 15 is 0 Å². The first kappa shape index (κ1) is 19.9. The second-order valence-corrected chi connectivity index (χ2v) is 7.82. The van der Waals surface area contributed by atoms with Gasteiger partial charge in [0.05, 0.1) is 24.6 Å². The molecule has 0 radical (unpaired) electrons. The van der Waals surface area contributed by atoms with Gasteiger partial charge in [-0.15, -0.1) is 0 Å². The van der Waals surface area contributed by atoms with Crippen molar-refractivity contribution in [2.75, 3.05) is 33.8 Å². The Morgan fingerprint density at radius 3 is 2.74 bits per heavy atom. The standard InChI is InChI=1S/C20H34N6O/c1-7-26-10-8-9-16(19(26)17-11-21-24(4)13-17)12-23(3)14-18-15(2)22-25(5)20(18)27-6/h11,13,16,19H,7-10,12,14H2,1-6H3/t16-,19+/m0/s1. The number of piperidine rings is 1. The minimum atomic E-state index is 0.441. The molecular weight excluding hydrogens is 340 g/mol. The fourth-order valence-electron chi connectivity index (χ4n) is 4.63. The lowest BCUT2D eigenvalue weighted by Gasteiger charge is -2.42. The zero-order valence-electron chi connectivity index (χ0n) is 17.6. The fraction of sp³-hybridized carbons (Fsp3) is 0.700.